The Labute approximate surface area is 174 Å². The zero-order chi connectivity index (χ0) is 21.0. The molecule has 7 nitrogen and oxygen atoms in total. The lowest BCUT2D eigenvalue weighted by atomic mass is 9.95. The first-order valence-corrected chi connectivity index (χ1v) is 10.1. The Balaban J connectivity index is 1.37. The zero-order valence-corrected chi connectivity index (χ0v) is 17.3. The summed E-state index contributed by atoms with van der Waals surface area (Å²) >= 11 is 0. The van der Waals surface area contributed by atoms with Crippen molar-refractivity contribution < 1.29 is 9.50 Å². The monoisotopic (exact) mass is 408 g/mol. The largest absolute Gasteiger partial charge is 0.507 e. The Bertz CT molecular complexity index is 1060. The number of benzene rings is 1. The fraction of sp³-hybridized carbons (Fsp3) is 0.409. The van der Waals surface area contributed by atoms with Crippen molar-refractivity contribution in [3.8, 4) is 22.7 Å². The van der Waals surface area contributed by atoms with E-state index in [1.807, 2.05) is 56.4 Å². The third-order valence-corrected chi connectivity index (χ3v) is 6.92. The first-order valence-electron chi connectivity index (χ1n) is 10.1. The van der Waals surface area contributed by atoms with Gasteiger partial charge in [-0.3, -0.25) is 4.90 Å². The van der Waals surface area contributed by atoms with Gasteiger partial charge in [0.1, 0.15) is 11.9 Å². The Kier molecular flexibility index (Phi) is 4.28. The molecular formula is C22H25FN6O. The van der Waals surface area contributed by atoms with E-state index in [1.165, 1.54) is 0 Å². The minimum Gasteiger partial charge on any atom is -0.507 e. The first kappa shape index (κ1) is 19.0. The lowest BCUT2D eigenvalue weighted by molar-refractivity contribution is 0.0572. The topological polar surface area (TPSA) is 70.3 Å². The summed E-state index contributed by atoms with van der Waals surface area (Å²) in [7, 11) is 3.89. The van der Waals surface area contributed by atoms with Crippen molar-refractivity contribution in [1.29, 1.82) is 0 Å². The number of aromatic nitrogens is 4. The smallest absolute Gasteiger partial charge is 0.151 e. The van der Waals surface area contributed by atoms with E-state index in [1.54, 1.807) is 23.0 Å². The van der Waals surface area contributed by atoms with Crippen LogP contribution in [0.5, 0.6) is 5.75 Å². The molecule has 2 fully saturated rings. The van der Waals surface area contributed by atoms with Crippen LogP contribution in [0.1, 0.15) is 13.3 Å². The molecule has 2 aliphatic rings. The molecule has 156 valence electrons. The summed E-state index contributed by atoms with van der Waals surface area (Å²) in [6.07, 6.45) is 3.42. The summed E-state index contributed by atoms with van der Waals surface area (Å²) in [4.78, 5) is 4.06. The molecule has 1 aromatic carbocycles. The van der Waals surface area contributed by atoms with Crippen LogP contribution >= 0.6 is 0 Å². The van der Waals surface area contributed by atoms with Crippen LogP contribution in [0.15, 0.2) is 48.8 Å². The molecule has 1 N–H and O–H groups in total. The summed E-state index contributed by atoms with van der Waals surface area (Å²) in [6, 6.07) is 10.6. The average Bonchev–Trinajstić information content (AvgIpc) is 3.42. The van der Waals surface area contributed by atoms with Gasteiger partial charge in [0.2, 0.25) is 0 Å². The molecule has 1 saturated carbocycles. The predicted molar refractivity (Wildman–Crippen MR) is 112 cm³/mol. The van der Waals surface area contributed by atoms with Crippen molar-refractivity contribution in [2.45, 2.75) is 31.1 Å². The standard InChI is InChI=1S/C22H25FN6O/c1-22-12-14(13-27(22)2)20(21(22)23)28(3)19-8-7-17(25-26-19)16-6-5-15(11-18(16)30)29-10-4-9-24-29/h4-11,14,20-21,30H,12-13H2,1-3H3/t14?,20-,21-,22-/m0/s1. The Morgan fingerprint density at radius 1 is 1.23 bits per heavy atom. The number of phenols is 1. The van der Waals surface area contributed by atoms with Gasteiger partial charge in [0, 0.05) is 37.6 Å². The first-order chi connectivity index (χ1) is 14.4. The van der Waals surface area contributed by atoms with Crippen LogP contribution in [0.25, 0.3) is 16.9 Å². The number of nitrogens with zero attached hydrogens (tertiary/aromatic N) is 6. The number of rotatable bonds is 4. The molecule has 30 heavy (non-hydrogen) atoms. The van der Waals surface area contributed by atoms with Crippen molar-refractivity contribution in [2.24, 2.45) is 5.92 Å². The van der Waals surface area contributed by atoms with E-state index in [0.29, 0.717) is 17.1 Å². The van der Waals surface area contributed by atoms with Crippen molar-refractivity contribution >= 4 is 5.82 Å². The van der Waals surface area contributed by atoms with Crippen LogP contribution in [0.2, 0.25) is 0 Å². The van der Waals surface area contributed by atoms with Crippen LogP contribution in [0, 0.1) is 5.92 Å². The minimum atomic E-state index is -0.938. The molecule has 0 amide bonds. The van der Waals surface area contributed by atoms with Crippen LogP contribution in [-0.2, 0) is 0 Å². The quantitative estimate of drug-likeness (QED) is 0.716. The molecule has 1 saturated heterocycles. The number of halogens is 1. The van der Waals surface area contributed by atoms with Crippen molar-refractivity contribution in [3.63, 3.8) is 0 Å². The van der Waals surface area contributed by atoms with E-state index < -0.39 is 11.7 Å². The molecule has 0 spiro atoms. The third kappa shape index (κ3) is 2.78. The average molecular weight is 408 g/mol. The number of likely N-dealkylation sites (tertiary alicyclic amines) is 1. The van der Waals surface area contributed by atoms with Gasteiger partial charge >= 0.3 is 0 Å². The van der Waals surface area contributed by atoms with Gasteiger partial charge in [-0.25, -0.2) is 9.07 Å². The molecule has 4 atom stereocenters. The zero-order valence-electron chi connectivity index (χ0n) is 17.3. The molecule has 1 aliphatic carbocycles. The minimum absolute atomic E-state index is 0.103. The van der Waals surface area contributed by atoms with Gasteiger partial charge in [-0.15, -0.1) is 10.2 Å². The fourth-order valence-electron chi connectivity index (χ4n) is 5.09. The number of hydrogen-bond acceptors (Lipinski definition) is 6. The van der Waals surface area contributed by atoms with Gasteiger partial charge in [0.25, 0.3) is 0 Å². The maximum Gasteiger partial charge on any atom is 0.151 e. The summed E-state index contributed by atoms with van der Waals surface area (Å²) in [5.74, 6) is 1.02. The normalized spacial score (nSPS) is 28.2. The van der Waals surface area contributed by atoms with Crippen molar-refractivity contribution in [3.05, 3.63) is 48.8 Å². The van der Waals surface area contributed by atoms with E-state index >= 15 is 4.39 Å². The van der Waals surface area contributed by atoms with Crippen LogP contribution in [0.3, 0.4) is 0 Å². The molecule has 2 aromatic heterocycles. The Morgan fingerprint density at radius 2 is 2.07 bits per heavy atom. The highest BCUT2D eigenvalue weighted by Gasteiger charge is 2.60. The lowest BCUT2D eigenvalue weighted by Crippen LogP contribution is -2.57. The second-order valence-corrected chi connectivity index (χ2v) is 8.63. The molecule has 2 bridgehead atoms. The fourth-order valence-corrected chi connectivity index (χ4v) is 5.09. The molecule has 3 heterocycles. The van der Waals surface area contributed by atoms with Crippen molar-refractivity contribution in [2.75, 3.05) is 25.5 Å². The molecule has 1 unspecified atom stereocenters. The summed E-state index contributed by atoms with van der Waals surface area (Å²) in [5.41, 5.74) is 1.51. The van der Waals surface area contributed by atoms with E-state index in [0.717, 1.165) is 18.7 Å². The number of alkyl halides is 1. The lowest BCUT2D eigenvalue weighted by Gasteiger charge is -2.42. The Morgan fingerprint density at radius 3 is 2.67 bits per heavy atom. The van der Waals surface area contributed by atoms with Gasteiger partial charge in [0.15, 0.2) is 5.82 Å². The second kappa shape index (κ2) is 6.77. The number of aromatic hydroxyl groups is 1. The highest BCUT2D eigenvalue weighted by molar-refractivity contribution is 5.69. The molecule has 1 aliphatic heterocycles. The molecule has 0 radical (unpaired) electrons. The number of fused-ring (bicyclic) bond motifs is 2. The van der Waals surface area contributed by atoms with Gasteiger partial charge in [-0.05, 0) is 56.6 Å². The number of anilines is 1. The van der Waals surface area contributed by atoms with E-state index in [4.69, 9.17) is 0 Å². The van der Waals surface area contributed by atoms with E-state index in [2.05, 4.69) is 20.2 Å². The van der Waals surface area contributed by atoms with Crippen LogP contribution < -0.4 is 4.90 Å². The van der Waals surface area contributed by atoms with E-state index in [9.17, 15) is 5.11 Å². The highest BCUT2D eigenvalue weighted by Crippen LogP contribution is 2.49. The SMILES string of the molecule is CN(c1ccc(-c2ccc(-n3cccn3)cc2O)nn1)[C@H]1C2CN(C)[C@@](C)(C2)[C@H]1F. The number of piperidine rings is 1. The summed E-state index contributed by atoms with van der Waals surface area (Å²) in [5, 5.41) is 23.3. The Hall–Kier alpha value is -3.00. The number of hydrogen-bond donors (Lipinski definition) is 1. The molecule has 3 aromatic rings. The van der Waals surface area contributed by atoms with Gasteiger partial charge < -0.3 is 10.0 Å². The van der Waals surface area contributed by atoms with Gasteiger partial charge in [-0.1, -0.05) is 0 Å². The summed E-state index contributed by atoms with van der Waals surface area (Å²) in [6.45, 7) is 2.91. The van der Waals surface area contributed by atoms with Crippen LogP contribution in [-0.4, -0.2) is 68.4 Å². The second-order valence-electron chi connectivity index (χ2n) is 8.63. The van der Waals surface area contributed by atoms with Crippen molar-refractivity contribution in [1.82, 2.24) is 24.9 Å². The maximum absolute atomic E-state index is 15.2. The van der Waals surface area contributed by atoms with E-state index in [-0.39, 0.29) is 17.7 Å². The third-order valence-electron chi connectivity index (χ3n) is 6.92. The maximum atomic E-state index is 15.2. The van der Waals surface area contributed by atoms with Gasteiger partial charge in [0.05, 0.1) is 23.0 Å². The van der Waals surface area contributed by atoms with Gasteiger partial charge in [-0.2, -0.15) is 5.10 Å². The predicted octanol–water partition coefficient (Wildman–Crippen LogP) is 2.90. The number of phenolic OH excluding ortho intramolecular Hbond substituents is 1. The van der Waals surface area contributed by atoms with Crippen LogP contribution in [0.4, 0.5) is 10.2 Å². The molecule has 8 heteroatoms. The highest BCUT2D eigenvalue weighted by atomic mass is 19.1. The molecule has 5 rings (SSSR count). The molecular weight excluding hydrogens is 383 g/mol. The summed E-state index contributed by atoms with van der Waals surface area (Å²) < 4.78 is 16.9.